The summed E-state index contributed by atoms with van der Waals surface area (Å²) in [6, 6.07) is 35.4. The Balaban J connectivity index is 0.000000125. The molecule has 0 radical (unpaired) electrons. The summed E-state index contributed by atoms with van der Waals surface area (Å²) in [4.78, 5) is 123. The molecule has 648 valence electrons. The van der Waals surface area contributed by atoms with Crippen molar-refractivity contribution in [3.05, 3.63) is 309 Å². The van der Waals surface area contributed by atoms with E-state index in [9.17, 15) is 73.5 Å². The van der Waals surface area contributed by atoms with Crippen LogP contribution < -0.4 is 41.3 Å². The minimum Gasteiger partial charge on any atom is -0.476 e. The van der Waals surface area contributed by atoms with E-state index in [1.165, 1.54) is 95.0 Å². The highest BCUT2D eigenvalue weighted by Gasteiger charge is 2.56. The van der Waals surface area contributed by atoms with Crippen molar-refractivity contribution in [3.8, 4) is 0 Å². The van der Waals surface area contributed by atoms with Crippen molar-refractivity contribution >= 4 is 70.6 Å². The van der Waals surface area contributed by atoms with Crippen LogP contribution in [0.15, 0.2) is 195 Å². The number of amides is 7. The molecule has 126 heavy (non-hydrogen) atoms. The summed E-state index contributed by atoms with van der Waals surface area (Å²) >= 11 is 0. The Labute approximate surface area is 714 Å². The van der Waals surface area contributed by atoms with Crippen LogP contribution in [0, 0.1) is 70.2 Å². The molecule has 29 nitrogen and oxygen atoms in total. The monoisotopic (exact) mass is 1730 g/mol. The smallest absolute Gasteiger partial charge is 0.359 e. The average Bonchev–Trinajstić information content (AvgIpc) is 1.60. The minimum atomic E-state index is -1.42. The lowest BCUT2D eigenvalue weighted by Crippen LogP contribution is -2.48. The van der Waals surface area contributed by atoms with Gasteiger partial charge >= 0.3 is 5.97 Å². The fraction of sp³-hybridized carbons (Fsp3) is 0.281. The molecule has 12 aromatic rings. The molecule has 0 spiro atoms. The number of carbonyl (C=O) groups excluding carboxylic acids is 7. The van der Waals surface area contributed by atoms with Crippen LogP contribution in [0.2, 0.25) is 0 Å². The van der Waals surface area contributed by atoms with E-state index in [4.69, 9.17) is 10.8 Å². The second kappa shape index (κ2) is 35.7. The maximum absolute atomic E-state index is 14.4. The normalized spacial score (nSPS) is 21.5. The van der Waals surface area contributed by atoms with Gasteiger partial charge in [-0.25, -0.2) is 59.9 Å². The molecule has 8 aliphatic rings. The standard InChI is InChI=1S/3C22H19F2N5O2.C11H8F2N2O2.C11H13N3O.CH4/c3*1-28-20-14(3-2-8-25-20)15-9-16(15)18(22(28)31)26-21(30)19-17(24)11-29(27-19)10-12-4-6-13(23)7-5-12;12-8-3-1-7(2-4-8)5-15-6-9(13)10(14-15)11(16)17;1-14-10-6(3-2-4-13-10)7-5-8(7)9(12)11(14)15;/h3*2-8,11,15-16,18H,9-10H2,1H3,(H,26,30);1-4,6H,5H2,(H,16,17);2-4,7-9H,5,12H2,1H3;1H4/t15-,16?,18-;2*15-,16-,18-;;7-,8?,9-;/m010.0./s1. The van der Waals surface area contributed by atoms with Gasteiger partial charge in [0.25, 0.3) is 35.4 Å². The number of fused-ring (bicyclic) bond motifs is 12. The van der Waals surface area contributed by atoms with Crippen molar-refractivity contribution in [3.63, 3.8) is 0 Å². The number of carboxylic acids is 1. The molecule has 4 aliphatic heterocycles. The molecule has 12 heterocycles. The molecule has 37 heteroatoms. The highest BCUT2D eigenvalue weighted by Crippen LogP contribution is 2.57. The van der Waals surface area contributed by atoms with Gasteiger partial charge in [0.15, 0.2) is 40.4 Å². The first kappa shape index (κ1) is 86.4. The van der Waals surface area contributed by atoms with Gasteiger partial charge in [-0.05, 0) is 190 Å². The SMILES string of the molecule is C.CN1C(=O)[C@@H](N)C2C[C@H]2c2cccnc21.CN1C(=O)[C@@H](NC(=O)c2nn(Cc3ccc(F)cc3)cc2F)C2C[C@H]2c2cccnc21.CN1C(=O)[C@@H](NC(=O)c2nn(Cc3ccc(F)cc3)cc2F)[C@H]2C[C@H]2c2cccnc21.CN1C(=O)[C@H](NC(=O)c2nn(Cc3ccc(F)cc3)cc2F)[C@@H]2C[C@@H]2c2cccnc21.O=C(O)c1nn(Cc2ccc(F)cc2)cc1F. The van der Waals surface area contributed by atoms with Gasteiger partial charge in [0, 0.05) is 53.0 Å². The number of aromatic carboxylic acids is 1. The second-order valence-corrected chi connectivity index (χ2v) is 31.6. The minimum absolute atomic E-state index is 0. The number of nitrogens with one attached hydrogen (secondary N) is 3. The molecule has 12 atom stereocenters. The molecular formula is C89H82F8N20O9. The molecule has 8 aromatic heterocycles. The van der Waals surface area contributed by atoms with Crippen molar-refractivity contribution in [2.45, 2.75) is 107 Å². The van der Waals surface area contributed by atoms with Gasteiger partial charge in [0.1, 0.15) is 64.7 Å². The summed E-state index contributed by atoms with van der Waals surface area (Å²) in [5.74, 6) is -5.74. The van der Waals surface area contributed by atoms with Crippen LogP contribution in [0.25, 0.3) is 0 Å². The quantitative estimate of drug-likeness (QED) is 0.0595. The summed E-state index contributed by atoms with van der Waals surface area (Å²) in [6.45, 7) is 0.730. The molecule has 4 aliphatic carbocycles. The van der Waals surface area contributed by atoms with E-state index >= 15 is 0 Å². The van der Waals surface area contributed by atoms with Gasteiger partial charge in [0.2, 0.25) is 11.6 Å². The number of benzene rings is 4. The van der Waals surface area contributed by atoms with Crippen LogP contribution in [0.4, 0.5) is 58.4 Å². The summed E-state index contributed by atoms with van der Waals surface area (Å²) in [5.41, 5.74) is 11.1. The van der Waals surface area contributed by atoms with Crippen molar-refractivity contribution in [1.29, 1.82) is 0 Å². The second-order valence-electron chi connectivity index (χ2n) is 31.6. The molecular weight excluding hydrogens is 1650 g/mol. The molecule has 2 unspecified atom stereocenters. The van der Waals surface area contributed by atoms with E-state index in [1.54, 1.807) is 94.3 Å². The molecule has 4 fully saturated rings. The summed E-state index contributed by atoms with van der Waals surface area (Å²) in [5, 5.41) is 32.4. The number of carbonyl (C=O) groups is 8. The Bertz CT molecular complexity index is 5730. The maximum Gasteiger partial charge on any atom is 0.359 e. The zero-order valence-corrected chi connectivity index (χ0v) is 67.0. The Morgan fingerprint density at radius 1 is 0.357 bits per heavy atom. The van der Waals surface area contributed by atoms with Crippen LogP contribution in [0.3, 0.4) is 0 Å². The van der Waals surface area contributed by atoms with Gasteiger partial charge < -0.3 is 26.8 Å². The number of hydrogen-bond acceptors (Lipinski definition) is 17. The number of nitrogens with two attached hydrogens (primary N) is 1. The number of halogens is 8. The number of hydrogen-bond donors (Lipinski definition) is 5. The third kappa shape index (κ3) is 18.3. The molecule has 7 amide bonds. The predicted octanol–water partition coefficient (Wildman–Crippen LogP) is 10.5. The Kier molecular flexibility index (Phi) is 24.5. The molecule has 4 saturated carbocycles. The molecule has 4 aromatic carbocycles. The van der Waals surface area contributed by atoms with Gasteiger partial charge in [0.05, 0.1) is 57.0 Å². The van der Waals surface area contributed by atoms with Crippen LogP contribution in [-0.4, -0.2) is 164 Å². The van der Waals surface area contributed by atoms with Crippen molar-refractivity contribution < 1.29 is 78.6 Å². The Hall–Kier alpha value is -14.5. The largest absolute Gasteiger partial charge is 0.476 e. The van der Waals surface area contributed by atoms with Gasteiger partial charge in [-0.2, -0.15) is 20.4 Å². The molecule has 20 rings (SSSR count). The number of carboxylic acid groups (broad SMARTS) is 1. The predicted molar refractivity (Wildman–Crippen MR) is 440 cm³/mol. The van der Waals surface area contributed by atoms with E-state index in [-0.39, 0.29) is 139 Å². The summed E-state index contributed by atoms with van der Waals surface area (Å²) < 4.78 is 113. The van der Waals surface area contributed by atoms with E-state index < -0.39 is 70.8 Å². The maximum atomic E-state index is 14.4. The van der Waals surface area contributed by atoms with Crippen LogP contribution in [0.5, 0.6) is 0 Å². The van der Waals surface area contributed by atoms with E-state index in [2.05, 4.69) is 62.3 Å². The molecule has 0 bridgehead atoms. The number of nitrogens with zero attached hydrogens (tertiary/aromatic N) is 16. The number of anilines is 4. The van der Waals surface area contributed by atoms with Crippen LogP contribution in [-0.2, 0) is 45.4 Å². The molecule has 6 N–H and O–H groups in total. The van der Waals surface area contributed by atoms with Crippen LogP contribution in [0.1, 0.15) is 143 Å². The first-order valence-electron chi connectivity index (χ1n) is 39.7. The first-order chi connectivity index (χ1) is 60.0. The number of aromatic nitrogens is 12. The van der Waals surface area contributed by atoms with E-state index in [0.717, 1.165) is 77.7 Å². The van der Waals surface area contributed by atoms with Gasteiger partial charge in [-0.1, -0.05) is 80.2 Å². The number of pyridine rings is 4. The summed E-state index contributed by atoms with van der Waals surface area (Å²) in [6.07, 6.45) is 14.2. The lowest BCUT2D eigenvalue weighted by molar-refractivity contribution is -0.121. The van der Waals surface area contributed by atoms with Crippen molar-refractivity contribution in [1.82, 2.24) is 75.0 Å². The van der Waals surface area contributed by atoms with Gasteiger partial charge in [-0.15, -0.1) is 0 Å². The third-order valence-corrected chi connectivity index (χ3v) is 23.3. The fourth-order valence-corrected chi connectivity index (χ4v) is 16.5. The van der Waals surface area contributed by atoms with Gasteiger partial charge in [-0.3, -0.25) is 71.9 Å². The van der Waals surface area contributed by atoms with Crippen molar-refractivity contribution in [2.24, 2.45) is 29.4 Å². The first-order valence-corrected chi connectivity index (χ1v) is 39.7. The number of likely N-dealkylation sites (N-methyl/N-ethyl adjacent to an activating group) is 4. The topological polar surface area (TPSA) is 355 Å². The summed E-state index contributed by atoms with van der Waals surface area (Å²) in [7, 11) is 6.61. The Morgan fingerprint density at radius 2 is 0.587 bits per heavy atom. The third-order valence-electron chi connectivity index (χ3n) is 23.3. The average molecular weight is 1730 g/mol. The lowest BCUT2D eigenvalue weighted by Gasteiger charge is -2.22. The fourth-order valence-electron chi connectivity index (χ4n) is 16.5. The molecule has 0 saturated heterocycles. The zero-order valence-electron chi connectivity index (χ0n) is 67.0. The van der Waals surface area contributed by atoms with Crippen molar-refractivity contribution in [2.75, 3.05) is 47.8 Å². The van der Waals surface area contributed by atoms with Crippen LogP contribution >= 0.6 is 0 Å². The van der Waals surface area contributed by atoms with E-state index in [0.29, 0.717) is 51.5 Å². The highest BCUT2D eigenvalue weighted by molar-refractivity contribution is 6.05. The highest BCUT2D eigenvalue weighted by atomic mass is 19.2. The van der Waals surface area contributed by atoms with E-state index in [1.807, 2.05) is 42.5 Å². The zero-order chi connectivity index (χ0) is 88.1. The Morgan fingerprint density at radius 3 is 0.841 bits per heavy atom. The number of rotatable bonds is 15. The lowest BCUT2D eigenvalue weighted by atomic mass is 10.1.